The molecule has 3 fully saturated rings. The summed E-state index contributed by atoms with van der Waals surface area (Å²) in [5, 5.41) is 3.05. The number of nitrogens with zero attached hydrogens (tertiary/aromatic N) is 1. The molecular formula is C17H28N2O2. The maximum absolute atomic E-state index is 13.0. The highest BCUT2D eigenvalue weighted by molar-refractivity contribution is 6.00. The van der Waals surface area contributed by atoms with Crippen LogP contribution in [0.5, 0.6) is 0 Å². The molecule has 0 radical (unpaired) electrons. The minimum atomic E-state index is -0.607. The zero-order valence-electron chi connectivity index (χ0n) is 13.5. The largest absolute Gasteiger partial charge is 0.342 e. The maximum Gasteiger partial charge on any atom is 0.246 e. The van der Waals surface area contributed by atoms with E-state index in [1.807, 2.05) is 11.8 Å². The van der Waals surface area contributed by atoms with Gasteiger partial charge in [0.05, 0.1) is 0 Å². The Morgan fingerprint density at radius 1 is 1.29 bits per heavy atom. The lowest BCUT2D eigenvalue weighted by Gasteiger charge is -2.47. The predicted octanol–water partition coefficient (Wildman–Crippen LogP) is 2.33. The first-order valence-electron chi connectivity index (χ1n) is 8.60. The molecule has 0 bridgehead atoms. The highest BCUT2D eigenvalue weighted by atomic mass is 16.2. The Morgan fingerprint density at radius 3 is 2.48 bits per heavy atom. The van der Waals surface area contributed by atoms with E-state index in [1.54, 1.807) is 0 Å². The number of rotatable bonds is 6. The van der Waals surface area contributed by atoms with Crippen molar-refractivity contribution in [3.63, 3.8) is 0 Å². The van der Waals surface area contributed by atoms with Crippen LogP contribution in [-0.2, 0) is 9.59 Å². The van der Waals surface area contributed by atoms with Gasteiger partial charge in [0.15, 0.2) is 0 Å². The Labute approximate surface area is 127 Å². The predicted molar refractivity (Wildman–Crippen MR) is 81.6 cm³/mol. The number of carbonyl (C=O) groups is 2. The van der Waals surface area contributed by atoms with Crippen molar-refractivity contribution in [2.45, 2.75) is 70.9 Å². The molecule has 2 saturated carbocycles. The van der Waals surface area contributed by atoms with E-state index >= 15 is 0 Å². The normalized spacial score (nSPS) is 34.8. The lowest BCUT2D eigenvalue weighted by atomic mass is 9.86. The highest BCUT2D eigenvalue weighted by Gasteiger charge is 2.58. The molecule has 1 saturated heterocycles. The van der Waals surface area contributed by atoms with Crippen LogP contribution in [0.2, 0.25) is 0 Å². The van der Waals surface area contributed by atoms with Gasteiger partial charge >= 0.3 is 0 Å². The summed E-state index contributed by atoms with van der Waals surface area (Å²) in [6, 6.07) is -0.252. The summed E-state index contributed by atoms with van der Waals surface area (Å²) >= 11 is 0. The molecule has 3 atom stereocenters. The Morgan fingerprint density at radius 2 is 1.95 bits per heavy atom. The fraction of sp³-hybridized carbons (Fsp3) is 0.882. The second-order valence-corrected chi connectivity index (χ2v) is 7.55. The van der Waals surface area contributed by atoms with Crippen LogP contribution in [0.1, 0.15) is 59.3 Å². The van der Waals surface area contributed by atoms with Gasteiger partial charge in [0.2, 0.25) is 11.8 Å². The average molecular weight is 292 g/mol. The van der Waals surface area contributed by atoms with Crippen LogP contribution < -0.4 is 5.32 Å². The van der Waals surface area contributed by atoms with Crippen molar-refractivity contribution in [2.24, 2.45) is 17.8 Å². The Balaban J connectivity index is 1.83. The number of piperazine rings is 1. The van der Waals surface area contributed by atoms with Crippen molar-refractivity contribution in [1.82, 2.24) is 10.2 Å². The molecule has 1 aliphatic heterocycles. The Bertz CT molecular complexity index is 442. The van der Waals surface area contributed by atoms with Crippen LogP contribution >= 0.6 is 0 Å². The molecule has 0 aromatic rings. The molecular weight excluding hydrogens is 264 g/mol. The molecule has 2 aliphatic carbocycles. The highest BCUT2D eigenvalue weighted by Crippen LogP contribution is 2.47. The first-order chi connectivity index (χ1) is 9.98. The van der Waals surface area contributed by atoms with E-state index < -0.39 is 5.54 Å². The van der Waals surface area contributed by atoms with E-state index in [0.717, 1.165) is 45.1 Å². The molecule has 0 spiro atoms. The number of hydrogen-bond acceptors (Lipinski definition) is 2. The summed E-state index contributed by atoms with van der Waals surface area (Å²) in [6.45, 7) is 7.09. The van der Waals surface area contributed by atoms with E-state index in [1.165, 1.54) is 0 Å². The van der Waals surface area contributed by atoms with Gasteiger partial charge in [-0.05, 0) is 56.8 Å². The summed E-state index contributed by atoms with van der Waals surface area (Å²) in [5.41, 5.74) is -0.607. The summed E-state index contributed by atoms with van der Waals surface area (Å²) < 4.78 is 0. The van der Waals surface area contributed by atoms with Crippen LogP contribution in [0.25, 0.3) is 0 Å². The molecule has 4 heteroatoms. The van der Waals surface area contributed by atoms with E-state index in [0.29, 0.717) is 17.8 Å². The van der Waals surface area contributed by atoms with Gasteiger partial charge in [0.25, 0.3) is 0 Å². The smallest absolute Gasteiger partial charge is 0.246 e. The third-order valence-corrected chi connectivity index (χ3v) is 5.58. The SMILES string of the molecule is CCCC(C)CN1C(=O)C(C2CC2)NC(=O)C1(C)C1CC1. The maximum atomic E-state index is 13.0. The minimum absolute atomic E-state index is 0.0881. The van der Waals surface area contributed by atoms with E-state index in [9.17, 15) is 9.59 Å². The second-order valence-electron chi connectivity index (χ2n) is 7.55. The van der Waals surface area contributed by atoms with Crippen molar-refractivity contribution in [1.29, 1.82) is 0 Å². The van der Waals surface area contributed by atoms with E-state index in [-0.39, 0.29) is 17.9 Å². The van der Waals surface area contributed by atoms with Gasteiger partial charge in [-0.1, -0.05) is 20.3 Å². The second kappa shape index (κ2) is 5.29. The molecule has 1 heterocycles. The number of amides is 2. The monoisotopic (exact) mass is 292 g/mol. The molecule has 118 valence electrons. The zero-order chi connectivity index (χ0) is 15.2. The van der Waals surface area contributed by atoms with Gasteiger partial charge in [-0.2, -0.15) is 0 Å². The first kappa shape index (κ1) is 14.9. The minimum Gasteiger partial charge on any atom is -0.342 e. The van der Waals surface area contributed by atoms with Crippen molar-refractivity contribution in [3.8, 4) is 0 Å². The number of nitrogens with one attached hydrogen (secondary N) is 1. The van der Waals surface area contributed by atoms with E-state index in [2.05, 4.69) is 19.2 Å². The summed E-state index contributed by atoms with van der Waals surface area (Å²) in [5.74, 6) is 1.46. The van der Waals surface area contributed by atoms with Gasteiger partial charge in [0, 0.05) is 6.54 Å². The van der Waals surface area contributed by atoms with Crippen LogP contribution in [0, 0.1) is 17.8 Å². The first-order valence-corrected chi connectivity index (χ1v) is 8.60. The van der Waals surface area contributed by atoms with Crippen molar-refractivity contribution < 1.29 is 9.59 Å². The topological polar surface area (TPSA) is 49.4 Å². The lowest BCUT2D eigenvalue weighted by Crippen LogP contribution is -2.71. The van der Waals surface area contributed by atoms with Gasteiger partial charge < -0.3 is 10.2 Å². The van der Waals surface area contributed by atoms with Gasteiger partial charge in [-0.3, -0.25) is 9.59 Å². The molecule has 0 aromatic carbocycles. The Hall–Kier alpha value is -1.06. The number of hydrogen-bond donors (Lipinski definition) is 1. The third-order valence-electron chi connectivity index (χ3n) is 5.58. The fourth-order valence-corrected chi connectivity index (χ4v) is 3.84. The van der Waals surface area contributed by atoms with Crippen LogP contribution in [-0.4, -0.2) is 34.8 Å². The average Bonchev–Trinajstić information content (AvgIpc) is 3.28. The standard InChI is InChI=1S/C17H28N2O2/c1-4-5-11(2)10-19-15(20)14(12-6-7-12)18-16(21)17(19,3)13-8-9-13/h11-14H,4-10H2,1-3H3,(H,18,21). The summed E-state index contributed by atoms with van der Waals surface area (Å²) in [6.07, 6.45) is 6.54. The molecule has 3 rings (SSSR count). The quantitative estimate of drug-likeness (QED) is 0.817. The molecule has 21 heavy (non-hydrogen) atoms. The van der Waals surface area contributed by atoms with Crippen molar-refractivity contribution in [2.75, 3.05) is 6.54 Å². The molecule has 0 aromatic heterocycles. The van der Waals surface area contributed by atoms with Crippen LogP contribution in [0.3, 0.4) is 0 Å². The van der Waals surface area contributed by atoms with Crippen molar-refractivity contribution >= 4 is 11.8 Å². The summed E-state index contributed by atoms with van der Waals surface area (Å²) in [7, 11) is 0. The summed E-state index contributed by atoms with van der Waals surface area (Å²) in [4.78, 5) is 27.6. The van der Waals surface area contributed by atoms with Gasteiger partial charge in [0.1, 0.15) is 11.6 Å². The van der Waals surface area contributed by atoms with Crippen molar-refractivity contribution in [3.05, 3.63) is 0 Å². The molecule has 1 N–H and O–H groups in total. The number of carbonyl (C=O) groups excluding carboxylic acids is 2. The van der Waals surface area contributed by atoms with Gasteiger partial charge in [-0.25, -0.2) is 0 Å². The Kier molecular flexibility index (Phi) is 3.74. The van der Waals surface area contributed by atoms with Gasteiger partial charge in [-0.15, -0.1) is 0 Å². The lowest BCUT2D eigenvalue weighted by molar-refractivity contribution is -0.159. The van der Waals surface area contributed by atoms with Crippen LogP contribution in [0.15, 0.2) is 0 Å². The van der Waals surface area contributed by atoms with Crippen LogP contribution in [0.4, 0.5) is 0 Å². The fourth-order valence-electron chi connectivity index (χ4n) is 3.84. The molecule has 2 amide bonds. The third kappa shape index (κ3) is 2.58. The zero-order valence-corrected chi connectivity index (χ0v) is 13.5. The van der Waals surface area contributed by atoms with E-state index in [4.69, 9.17) is 0 Å². The molecule has 3 aliphatic rings. The molecule has 4 nitrogen and oxygen atoms in total. The molecule has 3 unspecified atom stereocenters.